The minimum atomic E-state index is -1.37. The van der Waals surface area contributed by atoms with Gasteiger partial charge in [-0.15, -0.1) is 11.8 Å². The van der Waals surface area contributed by atoms with Gasteiger partial charge in [0.1, 0.15) is 22.9 Å². The Kier molecular flexibility index (Phi) is 4.34. The zero-order valence-corrected chi connectivity index (χ0v) is 13.2. The van der Waals surface area contributed by atoms with Gasteiger partial charge in [0.25, 0.3) is 11.8 Å². The number of ether oxygens (including phenoxy) is 1. The second-order valence-electron chi connectivity index (χ2n) is 5.16. The molecule has 2 aliphatic heterocycles. The summed E-state index contributed by atoms with van der Waals surface area (Å²) >= 11 is 1.19. The summed E-state index contributed by atoms with van der Waals surface area (Å²) in [6.45, 7) is -0.252. The molecule has 2 amide bonds. The van der Waals surface area contributed by atoms with Crippen molar-refractivity contribution in [2.75, 3.05) is 12.4 Å². The van der Waals surface area contributed by atoms with E-state index < -0.39 is 34.9 Å². The van der Waals surface area contributed by atoms with Crippen molar-refractivity contribution in [3.8, 4) is 5.75 Å². The van der Waals surface area contributed by atoms with E-state index in [-0.39, 0.29) is 18.1 Å². The van der Waals surface area contributed by atoms with Crippen molar-refractivity contribution < 1.29 is 29.3 Å². The van der Waals surface area contributed by atoms with Crippen LogP contribution in [0.3, 0.4) is 0 Å². The first-order valence-electron chi connectivity index (χ1n) is 7.06. The second-order valence-corrected chi connectivity index (χ2v) is 6.26. The third kappa shape index (κ3) is 2.90. The van der Waals surface area contributed by atoms with E-state index in [9.17, 15) is 19.5 Å². The number of carbonyl (C=O) groups excluding carboxylic acids is 2. The molecule has 1 aromatic carbocycles. The predicted octanol–water partition coefficient (Wildman–Crippen LogP) is 0.320. The van der Waals surface area contributed by atoms with Crippen molar-refractivity contribution in [3.63, 3.8) is 0 Å². The molecule has 2 aliphatic rings. The number of nitrogens with zero attached hydrogens (tertiary/aromatic N) is 1. The van der Waals surface area contributed by atoms with Gasteiger partial charge in [0, 0.05) is 0 Å². The molecule has 0 aliphatic carbocycles. The molecule has 8 nitrogen and oxygen atoms in total. The van der Waals surface area contributed by atoms with Crippen molar-refractivity contribution in [3.05, 3.63) is 41.8 Å². The van der Waals surface area contributed by atoms with Gasteiger partial charge in [-0.05, 0) is 12.1 Å². The lowest BCUT2D eigenvalue weighted by Gasteiger charge is -2.48. The van der Waals surface area contributed by atoms with E-state index in [1.54, 1.807) is 24.3 Å². The van der Waals surface area contributed by atoms with Crippen molar-refractivity contribution in [2.45, 2.75) is 11.4 Å². The first-order chi connectivity index (χ1) is 11.5. The van der Waals surface area contributed by atoms with E-state index >= 15 is 0 Å². The number of nitrogens with one attached hydrogen (secondary N) is 1. The van der Waals surface area contributed by atoms with Crippen LogP contribution in [0, 0.1) is 0 Å². The number of fused-ring (bicyclic) bond motifs is 1. The second kappa shape index (κ2) is 6.44. The van der Waals surface area contributed by atoms with Crippen LogP contribution in [-0.2, 0) is 14.4 Å². The number of amides is 2. The lowest BCUT2D eigenvalue weighted by Crippen LogP contribution is -2.70. The molecule has 24 heavy (non-hydrogen) atoms. The van der Waals surface area contributed by atoms with Gasteiger partial charge in [-0.3, -0.25) is 14.5 Å². The summed E-state index contributed by atoms with van der Waals surface area (Å²) in [4.78, 5) is 36.2. The number of aliphatic hydroxyl groups is 1. The molecule has 0 spiro atoms. The topological polar surface area (TPSA) is 116 Å². The highest BCUT2D eigenvalue weighted by Crippen LogP contribution is 2.39. The van der Waals surface area contributed by atoms with Crippen molar-refractivity contribution in [1.82, 2.24) is 10.2 Å². The number of hydrogen-bond acceptors (Lipinski definition) is 6. The molecule has 9 heteroatoms. The van der Waals surface area contributed by atoms with E-state index in [4.69, 9.17) is 9.84 Å². The Morgan fingerprint density at radius 2 is 2.04 bits per heavy atom. The Morgan fingerprint density at radius 1 is 1.33 bits per heavy atom. The smallest absolute Gasteiger partial charge is 0.356 e. The molecular weight excluding hydrogens is 336 g/mol. The number of thioether (sulfide) groups is 1. The summed E-state index contributed by atoms with van der Waals surface area (Å²) in [6, 6.07) is 7.93. The molecule has 0 aromatic heterocycles. The summed E-state index contributed by atoms with van der Waals surface area (Å²) in [5.41, 5.74) is -0.421. The van der Waals surface area contributed by atoms with E-state index in [1.165, 1.54) is 11.8 Å². The molecule has 2 atom stereocenters. The van der Waals surface area contributed by atoms with E-state index in [2.05, 4.69) is 5.32 Å². The first kappa shape index (κ1) is 16.2. The highest BCUT2D eigenvalue weighted by atomic mass is 32.2. The number of benzene rings is 1. The summed E-state index contributed by atoms with van der Waals surface area (Å²) in [7, 11) is 0. The Morgan fingerprint density at radius 3 is 2.71 bits per heavy atom. The molecule has 3 N–H and O–H groups in total. The number of carbonyl (C=O) groups is 3. The van der Waals surface area contributed by atoms with Crippen LogP contribution < -0.4 is 10.1 Å². The zero-order chi connectivity index (χ0) is 17.3. The van der Waals surface area contributed by atoms with Crippen LogP contribution >= 0.6 is 11.8 Å². The largest absolute Gasteiger partial charge is 0.509 e. The van der Waals surface area contributed by atoms with Crippen LogP contribution in [0.4, 0.5) is 0 Å². The molecule has 126 valence electrons. The van der Waals surface area contributed by atoms with Gasteiger partial charge in [-0.1, -0.05) is 18.2 Å². The molecule has 0 radical (unpaired) electrons. The normalized spacial score (nSPS) is 22.5. The van der Waals surface area contributed by atoms with Gasteiger partial charge in [0.05, 0.1) is 5.75 Å². The Hall–Kier alpha value is -2.68. The third-order valence-electron chi connectivity index (χ3n) is 3.58. The molecule has 1 fully saturated rings. The van der Waals surface area contributed by atoms with Gasteiger partial charge in [0.2, 0.25) is 0 Å². The van der Waals surface area contributed by atoms with Gasteiger partial charge >= 0.3 is 5.97 Å². The predicted molar refractivity (Wildman–Crippen MR) is 84.3 cm³/mol. The standard InChI is InChI=1S/C15H14N2O6S/c18-9-7-24-14-11(13(20)17(14)12(9)15(21)22)16-10(19)6-23-8-4-2-1-3-5-8/h1-5,11,14,18H,6-7H2,(H,16,19)(H,21,22). The summed E-state index contributed by atoms with van der Waals surface area (Å²) in [5.74, 6) is -2.17. The number of para-hydroxylation sites is 1. The third-order valence-corrected chi connectivity index (χ3v) is 4.84. The fourth-order valence-electron chi connectivity index (χ4n) is 2.48. The van der Waals surface area contributed by atoms with E-state index in [0.29, 0.717) is 5.75 Å². The van der Waals surface area contributed by atoms with Gasteiger partial charge in [-0.2, -0.15) is 0 Å². The van der Waals surface area contributed by atoms with Crippen LogP contribution in [0.15, 0.2) is 41.8 Å². The molecule has 1 saturated heterocycles. The number of aliphatic carboxylic acids is 1. The highest BCUT2D eigenvalue weighted by Gasteiger charge is 2.54. The highest BCUT2D eigenvalue weighted by molar-refractivity contribution is 8.00. The molecule has 0 bridgehead atoms. The first-order valence-corrected chi connectivity index (χ1v) is 8.11. The fraction of sp³-hybridized carbons (Fsp3) is 0.267. The fourth-order valence-corrected chi connectivity index (χ4v) is 3.68. The van der Waals surface area contributed by atoms with Crippen LogP contribution in [-0.4, -0.2) is 56.7 Å². The van der Waals surface area contributed by atoms with Gasteiger partial charge in [0.15, 0.2) is 12.3 Å². The number of hydrogen-bond donors (Lipinski definition) is 3. The van der Waals surface area contributed by atoms with E-state index in [1.807, 2.05) is 6.07 Å². The number of carboxylic acids is 1. The minimum Gasteiger partial charge on any atom is -0.509 e. The molecule has 3 rings (SSSR count). The number of carboxylic acid groups (broad SMARTS) is 1. The van der Waals surface area contributed by atoms with Gasteiger partial charge < -0.3 is 20.3 Å². The van der Waals surface area contributed by atoms with Crippen LogP contribution in [0.2, 0.25) is 0 Å². The average molecular weight is 350 g/mol. The SMILES string of the molecule is O=C(COc1ccccc1)NC1C(=O)N2C(C(=O)O)=C(O)CSC12. The number of rotatable bonds is 5. The van der Waals surface area contributed by atoms with Crippen molar-refractivity contribution in [1.29, 1.82) is 0 Å². The Labute approximate surface area is 141 Å². The Balaban J connectivity index is 1.59. The summed E-state index contributed by atoms with van der Waals surface area (Å²) < 4.78 is 5.30. The van der Waals surface area contributed by atoms with Gasteiger partial charge in [-0.25, -0.2) is 4.79 Å². The average Bonchev–Trinajstić information content (AvgIpc) is 2.58. The monoisotopic (exact) mass is 350 g/mol. The van der Waals surface area contributed by atoms with E-state index in [0.717, 1.165) is 4.90 Å². The van der Waals surface area contributed by atoms with Crippen LogP contribution in [0.25, 0.3) is 0 Å². The molecule has 0 saturated carbocycles. The maximum Gasteiger partial charge on any atom is 0.356 e. The van der Waals surface area contributed by atoms with Crippen molar-refractivity contribution in [2.24, 2.45) is 0 Å². The Bertz CT molecular complexity index is 720. The maximum absolute atomic E-state index is 12.1. The molecule has 2 heterocycles. The molecular formula is C15H14N2O6S. The summed E-state index contributed by atoms with van der Waals surface area (Å²) in [6.07, 6.45) is 0. The molecule has 1 aromatic rings. The maximum atomic E-state index is 12.1. The number of β-lactam (4-membered cyclic amide) rings is 1. The summed E-state index contributed by atoms with van der Waals surface area (Å²) in [5, 5.41) is 20.7. The van der Waals surface area contributed by atoms with Crippen molar-refractivity contribution >= 4 is 29.5 Å². The van der Waals surface area contributed by atoms with Crippen LogP contribution in [0.5, 0.6) is 5.75 Å². The minimum absolute atomic E-state index is 0.0724. The zero-order valence-electron chi connectivity index (χ0n) is 12.3. The quantitative estimate of drug-likeness (QED) is 0.655. The lowest BCUT2D eigenvalue weighted by atomic mass is 10.0. The molecule has 2 unspecified atom stereocenters. The van der Waals surface area contributed by atoms with Crippen LogP contribution in [0.1, 0.15) is 0 Å². The lowest BCUT2D eigenvalue weighted by molar-refractivity contribution is -0.151. The number of aliphatic hydroxyl groups excluding tert-OH is 1.